The molecule has 0 aliphatic carbocycles. The number of rotatable bonds is 9. The summed E-state index contributed by atoms with van der Waals surface area (Å²) in [6.07, 6.45) is 7.10. The predicted molar refractivity (Wildman–Crippen MR) is 68.5 cm³/mol. The molecule has 0 spiro atoms. The molecule has 0 rings (SSSR count). The van der Waals surface area contributed by atoms with E-state index in [9.17, 15) is 4.79 Å². The van der Waals surface area contributed by atoms with Crippen LogP contribution >= 0.6 is 0 Å². The fourth-order valence-corrected chi connectivity index (χ4v) is 2.35. The molecule has 1 N–H and O–H groups in total. The van der Waals surface area contributed by atoms with Crippen molar-refractivity contribution in [2.75, 3.05) is 0 Å². The van der Waals surface area contributed by atoms with Gasteiger partial charge in [-0.15, -0.1) is 0 Å². The van der Waals surface area contributed by atoms with Crippen LogP contribution < -0.4 is 0 Å². The Morgan fingerprint density at radius 1 is 1.19 bits per heavy atom. The average molecular weight is 228 g/mol. The summed E-state index contributed by atoms with van der Waals surface area (Å²) in [4.78, 5) is 10.8. The van der Waals surface area contributed by atoms with Crippen molar-refractivity contribution in [2.45, 2.75) is 66.2 Å². The molecule has 0 aromatic heterocycles. The highest BCUT2D eigenvalue weighted by Gasteiger charge is 2.17. The summed E-state index contributed by atoms with van der Waals surface area (Å²) in [5.41, 5.74) is 0. The first-order valence-corrected chi connectivity index (χ1v) is 6.73. The third-order valence-corrected chi connectivity index (χ3v) is 3.46. The molecule has 16 heavy (non-hydrogen) atoms. The van der Waals surface area contributed by atoms with E-state index in [4.69, 9.17) is 5.11 Å². The van der Waals surface area contributed by atoms with Crippen molar-refractivity contribution in [3.05, 3.63) is 0 Å². The normalized spacial score (nSPS) is 16.8. The van der Waals surface area contributed by atoms with Crippen molar-refractivity contribution in [3.8, 4) is 0 Å². The second kappa shape index (κ2) is 8.60. The molecule has 0 saturated carbocycles. The molecule has 0 aromatic rings. The van der Waals surface area contributed by atoms with Gasteiger partial charge in [0.15, 0.2) is 0 Å². The van der Waals surface area contributed by atoms with Gasteiger partial charge in [0.05, 0.1) is 5.92 Å². The molecule has 0 aromatic carbocycles. The van der Waals surface area contributed by atoms with E-state index in [1.807, 2.05) is 6.92 Å². The second-order valence-corrected chi connectivity index (χ2v) is 5.23. The average Bonchev–Trinajstić information content (AvgIpc) is 2.23. The van der Waals surface area contributed by atoms with E-state index in [0.29, 0.717) is 5.92 Å². The van der Waals surface area contributed by atoms with Gasteiger partial charge in [0.2, 0.25) is 0 Å². The zero-order valence-electron chi connectivity index (χ0n) is 11.3. The Morgan fingerprint density at radius 2 is 1.81 bits per heavy atom. The van der Waals surface area contributed by atoms with Crippen molar-refractivity contribution < 1.29 is 9.90 Å². The van der Waals surface area contributed by atoms with Gasteiger partial charge in [0.25, 0.3) is 0 Å². The molecule has 0 radical (unpaired) electrons. The monoisotopic (exact) mass is 228 g/mol. The Bertz CT molecular complexity index is 189. The SMILES string of the molecule is CCCCC(CC)CC(C)CC(C)C(=O)O. The largest absolute Gasteiger partial charge is 0.481 e. The minimum absolute atomic E-state index is 0.196. The van der Waals surface area contributed by atoms with Crippen LogP contribution in [0.15, 0.2) is 0 Å². The highest BCUT2D eigenvalue weighted by Crippen LogP contribution is 2.25. The van der Waals surface area contributed by atoms with Crippen LogP contribution in [0.5, 0.6) is 0 Å². The summed E-state index contributed by atoms with van der Waals surface area (Å²) in [7, 11) is 0. The molecule has 2 heteroatoms. The van der Waals surface area contributed by atoms with Gasteiger partial charge >= 0.3 is 5.97 Å². The minimum Gasteiger partial charge on any atom is -0.481 e. The Morgan fingerprint density at radius 3 is 2.25 bits per heavy atom. The number of carboxylic acid groups (broad SMARTS) is 1. The third-order valence-electron chi connectivity index (χ3n) is 3.46. The first-order chi connectivity index (χ1) is 7.51. The molecule has 0 saturated heterocycles. The Kier molecular flexibility index (Phi) is 8.32. The third kappa shape index (κ3) is 6.86. The van der Waals surface area contributed by atoms with Crippen LogP contribution in [-0.2, 0) is 4.79 Å². The summed E-state index contributed by atoms with van der Waals surface area (Å²) in [5.74, 6) is 0.469. The fraction of sp³-hybridized carbons (Fsp3) is 0.929. The fourth-order valence-electron chi connectivity index (χ4n) is 2.35. The predicted octanol–water partition coefficient (Wildman–Crippen LogP) is 4.34. The van der Waals surface area contributed by atoms with E-state index >= 15 is 0 Å². The molecule has 0 aliphatic heterocycles. The van der Waals surface area contributed by atoms with E-state index in [0.717, 1.165) is 12.3 Å². The molecule has 2 nitrogen and oxygen atoms in total. The number of carboxylic acids is 1. The smallest absolute Gasteiger partial charge is 0.306 e. The lowest BCUT2D eigenvalue weighted by Gasteiger charge is -2.20. The van der Waals surface area contributed by atoms with Crippen LogP contribution in [0.3, 0.4) is 0 Å². The van der Waals surface area contributed by atoms with Gasteiger partial charge in [0, 0.05) is 0 Å². The van der Waals surface area contributed by atoms with Gasteiger partial charge < -0.3 is 5.11 Å². The molecule has 0 fully saturated rings. The van der Waals surface area contributed by atoms with Crippen LogP contribution in [0.4, 0.5) is 0 Å². The van der Waals surface area contributed by atoms with Crippen LogP contribution in [0.1, 0.15) is 66.2 Å². The molecular weight excluding hydrogens is 200 g/mol. The van der Waals surface area contributed by atoms with E-state index in [-0.39, 0.29) is 5.92 Å². The van der Waals surface area contributed by atoms with Gasteiger partial charge in [-0.25, -0.2) is 0 Å². The van der Waals surface area contributed by atoms with Crippen molar-refractivity contribution in [3.63, 3.8) is 0 Å². The van der Waals surface area contributed by atoms with Crippen LogP contribution in [0, 0.1) is 17.8 Å². The van der Waals surface area contributed by atoms with Crippen LogP contribution in [0.2, 0.25) is 0 Å². The summed E-state index contributed by atoms with van der Waals surface area (Å²) in [6.45, 7) is 8.47. The van der Waals surface area contributed by atoms with Gasteiger partial charge in [0.1, 0.15) is 0 Å². The van der Waals surface area contributed by atoms with Crippen LogP contribution in [-0.4, -0.2) is 11.1 Å². The Hall–Kier alpha value is -0.530. The molecule has 0 heterocycles. The maximum absolute atomic E-state index is 10.8. The molecule has 3 atom stereocenters. The van der Waals surface area contributed by atoms with Crippen molar-refractivity contribution in [1.29, 1.82) is 0 Å². The van der Waals surface area contributed by atoms with E-state index in [1.165, 1.54) is 32.1 Å². The quantitative estimate of drug-likeness (QED) is 0.637. The lowest BCUT2D eigenvalue weighted by molar-refractivity contribution is -0.141. The number of hydrogen-bond donors (Lipinski definition) is 1. The lowest BCUT2D eigenvalue weighted by atomic mass is 9.85. The van der Waals surface area contributed by atoms with Crippen molar-refractivity contribution in [2.24, 2.45) is 17.8 Å². The number of aliphatic carboxylic acids is 1. The molecule has 3 unspecified atom stereocenters. The summed E-state index contributed by atoms with van der Waals surface area (Å²) < 4.78 is 0. The standard InChI is InChI=1S/C14H28O2/c1-5-7-8-13(6-2)10-11(3)9-12(4)14(15)16/h11-13H,5-10H2,1-4H3,(H,15,16). The zero-order valence-corrected chi connectivity index (χ0v) is 11.3. The minimum atomic E-state index is -0.659. The van der Waals surface area contributed by atoms with Crippen molar-refractivity contribution >= 4 is 5.97 Å². The molecular formula is C14H28O2. The van der Waals surface area contributed by atoms with Crippen LogP contribution in [0.25, 0.3) is 0 Å². The first kappa shape index (κ1) is 15.5. The van der Waals surface area contributed by atoms with Crippen molar-refractivity contribution in [1.82, 2.24) is 0 Å². The zero-order chi connectivity index (χ0) is 12.6. The van der Waals surface area contributed by atoms with Gasteiger partial charge in [-0.05, 0) is 24.7 Å². The van der Waals surface area contributed by atoms with E-state index in [2.05, 4.69) is 20.8 Å². The molecule has 96 valence electrons. The maximum atomic E-state index is 10.8. The topological polar surface area (TPSA) is 37.3 Å². The molecule has 0 bridgehead atoms. The van der Waals surface area contributed by atoms with E-state index < -0.39 is 5.97 Å². The number of unbranched alkanes of at least 4 members (excludes halogenated alkanes) is 1. The molecule has 0 amide bonds. The highest BCUT2D eigenvalue weighted by atomic mass is 16.4. The number of carbonyl (C=O) groups is 1. The lowest BCUT2D eigenvalue weighted by Crippen LogP contribution is -2.15. The summed E-state index contributed by atoms with van der Waals surface area (Å²) >= 11 is 0. The van der Waals surface area contributed by atoms with Gasteiger partial charge in [-0.3, -0.25) is 4.79 Å². The summed E-state index contributed by atoms with van der Waals surface area (Å²) in [5, 5.41) is 8.86. The summed E-state index contributed by atoms with van der Waals surface area (Å²) in [6, 6.07) is 0. The first-order valence-electron chi connectivity index (χ1n) is 6.73. The second-order valence-electron chi connectivity index (χ2n) is 5.23. The number of hydrogen-bond acceptors (Lipinski definition) is 1. The Balaban J connectivity index is 3.90. The Labute approximate surface area is 100 Å². The molecule has 0 aliphatic rings. The van der Waals surface area contributed by atoms with Gasteiger partial charge in [-0.2, -0.15) is 0 Å². The van der Waals surface area contributed by atoms with E-state index in [1.54, 1.807) is 0 Å². The van der Waals surface area contributed by atoms with Gasteiger partial charge in [-0.1, -0.05) is 53.4 Å². The highest BCUT2D eigenvalue weighted by molar-refractivity contribution is 5.69. The maximum Gasteiger partial charge on any atom is 0.306 e.